The summed E-state index contributed by atoms with van der Waals surface area (Å²) in [7, 11) is -3.68. The fourth-order valence-electron chi connectivity index (χ4n) is 4.03. The number of hydrogen-bond donors (Lipinski definition) is 0. The van der Waals surface area contributed by atoms with Crippen molar-refractivity contribution < 1.29 is 13.2 Å². The summed E-state index contributed by atoms with van der Waals surface area (Å²) in [5, 5.41) is 8.79. The first-order chi connectivity index (χ1) is 16.3. The van der Waals surface area contributed by atoms with E-state index >= 15 is 0 Å². The van der Waals surface area contributed by atoms with Crippen LogP contribution < -0.4 is 9.64 Å². The fourth-order valence-corrected chi connectivity index (χ4v) is 5.62. The van der Waals surface area contributed by atoms with Crippen LogP contribution in [0.25, 0.3) is 11.3 Å². The third-order valence-corrected chi connectivity index (χ3v) is 8.03. The van der Waals surface area contributed by atoms with Gasteiger partial charge < -0.3 is 9.64 Å². The highest BCUT2D eigenvalue weighted by molar-refractivity contribution is 7.89. The van der Waals surface area contributed by atoms with Gasteiger partial charge in [-0.15, -0.1) is 10.2 Å². The third-order valence-electron chi connectivity index (χ3n) is 6.11. The van der Waals surface area contributed by atoms with Crippen LogP contribution in [0.2, 0.25) is 0 Å². The maximum Gasteiger partial charge on any atom is 0.246 e. The minimum Gasteiger partial charge on any atom is -0.492 e. The molecule has 2 aromatic carbocycles. The van der Waals surface area contributed by atoms with E-state index in [0.717, 1.165) is 22.6 Å². The van der Waals surface area contributed by atoms with Crippen LogP contribution in [0.5, 0.6) is 5.75 Å². The fraction of sp³-hybridized carbons (Fsp3) is 0.385. The normalized spacial score (nSPS) is 15.0. The van der Waals surface area contributed by atoms with Crippen molar-refractivity contribution in [1.29, 1.82) is 0 Å². The summed E-state index contributed by atoms with van der Waals surface area (Å²) < 4.78 is 34.3. The minimum absolute atomic E-state index is 0.225. The monoisotopic (exact) mass is 480 g/mol. The lowest BCUT2D eigenvalue weighted by Crippen LogP contribution is -2.49. The third kappa shape index (κ3) is 5.08. The number of sulfonamides is 1. The molecule has 1 aromatic heterocycles. The van der Waals surface area contributed by atoms with Crippen LogP contribution in [0, 0.1) is 6.92 Å². The summed E-state index contributed by atoms with van der Waals surface area (Å²) in [6.45, 7) is 10.3. The van der Waals surface area contributed by atoms with Gasteiger partial charge in [0, 0.05) is 31.7 Å². The molecule has 3 aromatic rings. The number of nitrogens with zero attached hydrogens (tertiary/aromatic N) is 4. The standard InChI is InChI=1S/C26H32N4O3S/c1-5-33-24-12-10-22(19(2)3)18-25(24)34(31,32)30-16-14-29(15-17-30)26-13-11-23(27-28-26)21-8-6-20(4)7-9-21/h6-13,18-19H,5,14-17H2,1-4H3. The molecule has 1 saturated heterocycles. The molecule has 0 atom stereocenters. The van der Waals surface area contributed by atoms with E-state index < -0.39 is 10.0 Å². The van der Waals surface area contributed by atoms with Crippen LogP contribution in [-0.4, -0.2) is 55.7 Å². The zero-order valence-corrected chi connectivity index (χ0v) is 21.0. The highest BCUT2D eigenvalue weighted by Gasteiger charge is 2.32. The molecule has 0 aliphatic carbocycles. The maximum atomic E-state index is 13.5. The van der Waals surface area contributed by atoms with E-state index in [1.54, 1.807) is 16.4 Å². The highest BCUT2D eigenvalue weighted by Crippen LogP contribution is 2.31. The lowest BCUT2D eigenvalue weighted by atomic mass is 10.0. The molecule has 0 N–H and O–H groups in total. The van der Waals surface area contributed by atoms with Gasteiger partial charge in [-0.25, -0.2) is 8.42 Å². The quantitative estimate of drug-likeness (QED) is 0.496. The molecule has 0 unspecified atom stereocenters. The Hall–Kier alpha value is -2.97. The molecular formula is C26H32N4O3S. The van der Waals surface area contributed by atoms with Gasteiger partial charge in [-0.05, 0) is 49.6 Å². The average Bonchev–Trinajstić information content (AvgIpc) is 2.85. The lowest BCUT2D eigenvalue weighted by Gasteiger charge is -2.34. The lowest BCUT2D eigenvalue weighted by molar-refractivity contribution is 0.327. The smallest absolute Gasteiger partial charge is 0.246 e. The van der Waals surface area contributed by atoms with Crippen LogP contribution >= 0.6 is 0 Å². The number of anilines is 1. The van der Waals surface area contributed by atoms with E-state index in [4.69, 9.17) is 4.74 Å². The SMILES string of the molecule is CCOc1ccc(C(C)C)cc1S(=O)(=O)N1CCN(c2ccc(-c3ccc(C)cc3)nn2)CC1. The molecule has 0 saturated carbocycles. The van der Waals surface area contributed by atoms with Crippen molar-refractivity contribution in [3.8, 4) is 17.0 Å². The number of benzene rings is 2. The number of ether oxygens (including phenoxy) is 1. The van der Waals surface area contributed by atoms with Crippen LogP contribution in [0.4, 0.5) is 5.82 Å². The van der Waals surface area contributed by atoms with E-state index in [1.807, 2.05) is 37.3 Å². The first kappa shape index (κ1) is 24.2. The van der Waals surface area contributed by atoms with Gasteiger partial charge in [0.1, 0.15) is 10.6 Å². The van der Waals surface area contributed by atoms with Crippen LogP contribution in [0.15, 0.2) is 59.5 Å². The van der Waals surface area contributed by atoms with E-state index in [0.29, 0.717) is 38.5 Å². The molecule has 0 bridgehead atoms. The van der Waals surface area contributed by atoms with Crippen molar-refractivity contribution >= 4 is 15.8 Å². The molecule has 2 heterocycles. The largest absolute Gasteiger partial charge is 0.492 e. The van der Waals surface area contributed by atoms with Crippen molar-refractivity contribution in [2.75, 3.05) is 37.7 Å². The van der Waals surface area contributed by atoms with E-state index in [1.165, 1.54) is 5.56 Å². The molecule has 0 radical (unpaired) electrons. The Morgan fingerprint density at radius 2 is 1.65 bits per heavy atom. The minimum atomic E-state index is -3.68. The molecule has 1 aliphatic rings. The molecule has 34 heavy (non-hydrogen) atoms. The predicted octanol–water partition coefficient (Wildman–Crippen LogP) is 4.49. The van der Waals surface area contributed by atoms with Gasteiger partial charge in [-0.2, -0.15) is 4.31 Å². The number of hydrogen-bond acceptors (Lipinski definition) is 6. The second kappa shape index (κ2) is 10.1. The molecule has 1 fully saturated rings. The summed E-state index contributed by atoms with van der Waals surface area (Å²) in [6, 6.07) is 17.6. The van der Waals surface area contributed by atoms with Crippen LogP contribution in [0.3, 0.4) is 0 Å². The molecule has 4 rings (SSSR count). The Kier molecular flexibility index (Phi) is 7.19. The van der Waals surface area contributed by atoms with Gasteiger partial charge in [0.25, 0.3) is 0 Å². The number of piperazine rings is 1. The molecule has 0 amide bonds. The molecular weight excluding hydrogens is 448 g/mol. The van der Waals surface area contributed by atoms with Crippen molar-refractivity contribution in [2.24, 2.45) is 0 Å². The maximum absolute atomic E-state index is 13.5. The predicted molar refractivity (Wildman–Crippen MR) is 135 cm³/mol. The van der Waals surface area contributed by atoms with Crippen molar-refractivity contribution in [3.05, 3.63) is 65.7 Å². The number of rotatable bonds is 7. The summed E-state index contributed by atoms with van der Waals surface area (Å²) in [5.74, 6) is 1.39. The zero-order valence-electron chi connectivity index (χ0n) is 20.2. The van der Waals surface area contributed by atoms with Gasteiger partial charge in [0.2, 0.25) is 10.0 Å². The van der Waals surface area contributed by atoms with Crippen molar-refractivity contribution in [1.82, 2.24) is 14.5 Å². The van der Waals surface area contributed by atoms with Gasteiger partial charge in [0.15, 0.2) is 5.82 Å². The molecule has 1 aliphatic heterocycles. The number of aryl methyl sites for hydroxylation is 1. The first-order valence-corrected chi connectivity index (χ1v) is 13.2. The second-order valence-corrected chi connectivity index (χ2v) is 10.7. The summed E-state index contributed by atoms with van der Waals surface area (Å²) in [4.78, 5) is 2.32. The molecule has 8 heteroatoms. The summed E-state index contributed by atoms with van der Waals surface area (Å²) >= 11 is 0. The Bertz CT molecular complexity index is 1220. The Morgan fingerprint density at radius 1 is 0.941 bits per heavy atom. The van der Waals surface area contributed by atoms with E-state index in [-0.39, 0.29) is 10.8 Å². The first-order valence-electron chi connectivity index (χ1n) is 11.7. The molecule has 7 nitrogen and oxygen atoms in total. The van der Waals surface area contributed by atoms with Crippen molar-refractivity contribution in [3.63, 3.8) is 0 Å². The second-order valence-electron chi connectivity index (χ2n) is 8.83. The van der Waals surface area contributed by atoms with Gasteiger partial charge >= 0.3 is 0 Å². The topological polar surface area (TPSA) is 75.6 Å². The zero-order chi connectivity index (χ0) is 24.3. The highest BCUT2D eigenvalue weighted by atomic mass is 32.2. The van der Waals surface area contributed by atoms with Gasteiger partial charge in [0.05, 0.1) is 12.3 Å². The van der Waals surface area contributed by atoms with Crippen LogP contribution in [0.1, 0.15) is 37.8 Å². The Balaban J connectivity index is 1.48. The Labute approximate surface area is 202 Å². The van der Waals surface area contributed by atoms with E-state index in [2.05, 4.69) is 48.0 Å². The summed E-state index contributed by atoms with van der Waals surface area (Å²) in [5.41, 5.74) is 4.02. The molecule has 180 valence electrons. The van der Waals surface area contributed by atoms with Gasteiger partial charge in [-0.1, -0.05) is 49.7 Å². The number of aromatic nitrogens is 2. The van der Waals surface area contributed by atoms with Crippen molar-refractivity contribution in [2.45, 2.75) is 38.5 Å². The van der Waals surface area contributed by atoms with Crippen LogP contribution in [-0.2, 0) is 10.0 Å². The average molecular weight is 481 g/mol. The van der Waals surface area contributed by atoms with E-state index in [9.17, 15) is 8.42 Å². The summed E-state index contributed by atoms with van der Waals surface area (Å²) in [6.07, 6.45) is 0. The Morgan fingerprint density at radius 3 is 2.24 bits per heavy atom. The molecule has 0 spiro atoms. The van der Waals surface area contributed by atoms with Gasteiger partial charge in [-0.3, -0.25) is 0 Å².